The van der Waals surface area contributed by atoms with Crippen LogP contribution in [0, 0.1) is 11.6 Å². The zero-order chi connectivity index (χ0) is 27.7. The zero-order valence-corrected chi connectivity index (χ0v) is 21.3. The molecule has 5 N–H and O–H groups in total. The van der Waals surface area contributed by atoms with E-state index < -0.39 is 28.8 Å². The normalized spacial score (nSPS) is 12.9. The van der Waals surface area contributed by atoms with Crippen LogP contribution in [0.5, 0.6) is 0 Å². The number of rotatable bonds is 8. The van der Waals surface area contributed by atoms with Gasteiger partial charge in [0.15, 0.2) is 11.6 Å². The third-order valence-electron chi connectivity index (χ3n) is 5.75. The van der Waals surface area contributed by atoms with Crippen LogP contribution in [0.3, 0.4) is 0 Å². The molecule has 0 radical (unpaired) electrons. The number of hydrogen-bond acceptors (Lipinski definition) is 8. The van der Waals surface area contributed by atoms with Crippen LogP contribution in [0.2, 0.25) is 0 Å². The second-order valence-corrected chi connectivity index (χ2v) is 8.18. The predicted molar refractivity (Wildman–Crippen MR) is 144 cm³/mol. The Balaban J connectivity index is 0.00000195. The number of benzene rings is 2. The van der Waals surface area contributed by atoms with Gasteiger partial charge in [-0.3, -0.25) is 14.6 Å². The molecule has 0 atom stereocenters. The van der Waals surface area contributed by atoms with Crippen molar-refractivity contribution in [1.29, 1.82) is 0 Å². The molecule has 2 aromatic carbocycles. The average Bonchev–Trinajstić information content (AvgIpc) is 3.45. The highest BCUT2D eigenvalue weighted by molar-refractivity contribution is 6.08. The summed E-state index contributed by atoms with van der Waals surface area (Å²) in [5.74, 6) is -2.61. The highest BCUT2D eigenvalue weighted by Gasteiger charge is 2.23. The minimum Gasteiger partial charge on any atom is -0.398 e. The molecule has 1 fully saturated rings. The van der Waals surface area contributed by atoms with Crippen molar-refractivity contribution < 1.29 is 18.3 Å². The minimum absolute atomic E-state index is 0.197. The molecule has 0 aliphatic carbocycles. The summed E-state index contributed by atoms with van der Waals surface area (Å²) in [7, 11) is 3.09. The van der Waals surface area contributed by atoms with Gasteiger partial charge >= 0.3 is 0 Å². The van der Waals surface area contributed by atoms with Gasteiger partial charge in [0.1, 0.15) is 11.4 Å². The minimum atomic E-state index is -0.977. The second kappa shape index (κ2) is 13.4. The number of para-hydroxylation sites is 1. The van der Waals surface area contributed by atoms with E-state index in [-0.39, 0.29) is 5.69 Å². The number of methoxy groups -OCH3 is 1. The van der Waals surface area contributed by atoms with Crippen LogP contribution in [0.1, 0.15) is 28.9 Å². The van der Waals surface area contributed by atoms with E-state index in [2.05, 4.69) is 26.0 Å². The van der Waals surface area contributed by atoms with Crippen molar-refractivity contribution in [3.05, 3.63) is 75.7 Å². The van der Waals surface area contributed by atoms with E-state index >= 15 is 0 Å². The number of nitrogen functional groups attached to an aromatic ring is 1. The van der Waals surface area contributed by atoms with Gasteiger partial charge in [-0.05, 0) is 50.2 Å². The maximum absolute atomic E-state index is 14.3. The van der Waals surface area contributed by atoms with Gasteiger partial charge < -0.3 is 26.4 Å². The first-order valence-electron chi connectivity index (χ1n) is 12.0. The molecule has 4 rings (SSSR count). The van der Waals surface area contributed by atoms with E-state index in [1.165, 1.54) is 19.2 Å². The van der Waals surface area contributed by atoms with Gasteiger partial charge in [0.05, 0.1) is 24.5 Å². The zero-order valence-electron chi connectivity index (χ0n) is 21.3. The van der Waals surface area contributed by atoms with E-state index in [0.29, 0.717) is 34.8 Å². The van der Waals surface area contributed by atoms with Gasteiger partial charge in [0.25, 0.3) is 11.5 Å². The molecule has 0 bridgehead atoms. The Bertz CT molecular complexity index is 1330. The van der Waals surface area contributed by atoms with E-state index in [4.69, 9.17) is 10.5 Å². The summed E-state index contributed by atoms with van der Waals surface area (Å²) >= 11 is 0. The fourth-order valence-electron chi connectivity index (χ4n) is 4.01. The summed E-state index contributed by atoms with van der Waals surface area (Å²) in [5.41, 5.74) is 11.5. The quantitative estimate of drug-likeness (QED) is 0.232. The number of ether oxygens (including phenoxy) is 1. The van der Waals surface area contributed by atoms with Gasteiger partial charge in [0, 0.05) is 43.7 Å². The third-order valence-corrected chi connectivity index (χ3v) is 5.75. The van der Waals surface area contributed by atoms with Gasteiger partial charge in [-0.25, -0.2) is 8.78 Å². The lowest BCUT2D eigenvalue weighted by Crippen LogP contribution is -2.27. The van der Waals surface area contributed by atoms with E-state index in [1.807, 2.05) is 0 Å². The molecule has 10 nitrogen and oxygen atoms in total. The standard InChI is InChI=1S/C25H26F2N6O3.CH5N/c1-36-14-11-29-15-16-19(28)7-8-20(23(16)32-12-2-3-13-32)30-25(35)21-9-10-22(34)33(31-21)24-17(26)5-4-6-18(24)27;1-2/h4-10,15H,2-3,11-14,28H2,1H3,(H,30,35);2H2,1H3. The Morgan fingerprint density at radius 3 is 2.45 bits per heavy atom. The molecule has 0 spiro atoms. The predicted octanol–water partition coefficient (Wildman–Crippen LogP) is 2.59. The van der Waals surface area contributed by atoms with Crippen molar-refractivity contribution in [1.82, 2.24) is 9.78 Å². The Morgan fingerprint density at radius 2 is 1.79 bits per heavy atom. The molecule has 38 heavy (non-hydrogen) atoms. The van der Waals surface area contributed by atoms with Crippen LogP contribution in [-0.4, -0.2) is 62.3 Å². The van der Waals surface area contributed by atoms with Crippen molar-refractivity contribution in [2.45, 2.75) is 12.8 Å². The van der Waals surface area contributed by atoms with Gasteiger partial charge in [-0.15, -0.1) is 0 Å². The van der Waals surface area contributed by atoms with E-state index in [9.17, 15) is 18.4 Å². The van der Waals surface area contributed by atoms with Crippen molar-refractivity contribution in [3.8, 4) is 5.69 Å². The largest absolute Gasteiger partial charge is 0.398 e. The summed E-state index contributed by atoms with van der Waals surface area (Å²) in [6, 6.07) is 8.76. The summed E-state index contributed by atoms with van der Waals surface area (Å²) in [5, 5.41) is 6.74. The smallest absolute Gasteiger partial charge is 0.276 e. The number of aliphatic imine (C=N–C) groups is 1. The lowest BCUT2D eigenvalue weighted by Gasteiger charge is -2.25. The van der Waals surface area contributed by atoms with E-state index in [1.54, 1.807) is 25.5 Å². The average molecular weight is 528 g/mol. The fraction of sp³-hybridized carbons (Fsp3) is 0.308. The number of halogens is 2. The molecule has 1 aliphatic rings. The number of aromatic nitrogens is 2. The maximum Gasteiger partial charge on any atom is 0.276 e. The molecule has 1 amide bonds. The number of amides is 1. The first kappa shape index (κ1) is 28.4. The molecular weight excluding hydrogens is 496 g/mol. The van der Waals surface area contributed by atoms with Gasteiger partial charge in [-0.2, -0.15) is 9.78 Å². The molecule has 12 heteroatoms. The lowest BCUT2D eigenvalue weighted by atomic mass is 10.1. The Morgan fingerprint density at radius 1 is 1.11 bits per heavy atom. The number of carbonyl (C=O) groups excluding carboxylic acids is 1. The number of carbonyl (C=O) groups is 1. The molecule has 0 unspecified atom stereocenters. The van der Waals surface area contributed by atoms with Gasteiger partial charge in [0.2, 0.25) is 0 Å². The fourth-order valence-corrected chi connectivity index (χ4v) is 4.01. The summed E-state index contributed by atoms with van der Waals surface area (Å²) in [4.78, 5) is 32.0. The van der Waals surface area contributed by atoms with Crippen LogP contribution < -0.4 is 27.2 Å². The molecular formula is C26H31F2N7O3. The van der Waals surface area contributed by atoms with E-state index in [0.717, 1.165) is 49.8 Å². The van der Waals surface area contributed by atoms with Crippen molar-refractivity contribution in [3.63, 3.8) is 0 Å². The third kappa shape index (κ3) is 6.39. The maximum atomic E-state index is 14.3. The molecule has 3 aromatic rings. The topological polar surface area (TPSA) is 141 Å². The number of nitrogens with two attached hydrogens (primary N) is 2. The van der Waals surface area contributed by atoms with Crippen LogP contribution in [0.25, 0.3) is 5.69 Å². The summed E-state index contributed by atoms with van der Waals surface area (Å²) < 4.78 is 34.1. The number of anilines is 3. The van der Waals surface area contributed by atoms with Crippen LogP contribution >= 0.6 is 0 Å². The molecule has 1 saturated heterocycles. The molecule has 1 aliphatic heterocycles. The summed E-state index contributed by atoms with van der Waals surface area (Å²) in [6.07, 6.45) is 3.64. The second-order valence-electron chi connectivity index (χ2n) is 8.18. The van der Waals surface area contributed by atoms with Crippen LogP contribution in [0.15, 0.2) is 52.3 Å². The molecule has 1 aromatic heterocycles. The van der Waals surface area contributed by atoms with Crippen LogP contribution in [0.4, 0.5) is 25.8 Å². The highest BCUT2D eigenvalue weighted by atomic mass is 19.1. The first-order chi connectivity index (χ1) is 18.4. The van der Waals surface area contributed by atoms with Crippen molar-refractivity contribution >= 4 is 29.2 Å². The summed E-state index contributed by atoms with van der Waals surface area (Å²) in [6.45, 7) is 2.46. The molecule has 0 saturated carbocycles. The SMILES string of the molecule is CN.COCCN=Cc1c(N)ccc(NC(=O)c2ccc(=O)n(-c3c(F)cccc3F)n2)c1N1CCCC1. The Hall–Kier alpha value is -4.16. The Kier molecular flexibility index (Phi) is 10.0. The van der Waals surface area contributed by atoms with Crippen molar-refractivity contribution in [2.75, 3.05) is 56.3 Å². The molecule has 2 heterocycles. The lowest BCUT2D eigenvalue weighted by molar-refractivity contribution is 0.102. The van der Waals surface area contributed by atoms with Crippen LogP contribution in [-0.2, 0) is 4.74 Å². The number of nitrogens with zero attached hydrogens (tertiary/aromatic N) is 4. The van der Waals surface area contributed by atoms with Crippen molar-refractivity contribution in [2.24, 2.45) is 10.7 Å². The Labute approximate surface area is 218 Å². The monoisotopic (exact) mass is 527 g/mol. The highest BCUT2D eigenvalue weighted by Crippen LogP contribution is 2.35. The number of nitrogens with one attached hydrogen (secondary N) is 1. The number of hydrogen-bond donors (Lipinski definition) is 3. The molecule has 202 valence electrons. The first-order valence-corrected chi connectivity index (χ1v) is 12.0. The van der Waals surface area contributed by atoms with Gasteiger partial charge in [-0.1, -0.05) is 6.07 Å².